The molecule has 0 aliphatic heterocycles. The van der Waals surface area contributed by atoms with E-state index in [1.54, 1.807) is 0 Å². The quantitative estimate of drug-likeness (QED) is 0.597. The summed E-state index contributed by atoms with van der Waals surface area (Å²) < 4.78 is 18.1. The largest absolute Gasteiger partial charge is 0.417 e. The fraction of sp³-hybridized carbons (Fsp3) is 1.00. The fourth-order valence-corrected chi connectivity index (χ4v) is 3.45. The Hall–Kier alpha value is 0.531. The van der Waals surface area contributed by atoms with E-state index in [4.69, 9.17) is 13.3 Å². The van der Waals surface area contributed by atoms with Gasteiger partial charge in [-0.25, -0.2) is 0 Å². The van der Waals surface area contributed by atoms with E-state index in [1.165, 1.54) is 0 Å². The van der Waals surface area contributed by atoms with Gasteiger partial charge in [-0.2, -0.15) is 0 Å². The average Bonchev–Trinajstić information content (AvgIpc) is 2.11. The molecule has 0 fully saturated rings. The second kappa shape index (κ2) is 7.51. The van der Waals surface area contributed by atoms with Crippen LogP contribution < -0.4 is 0 Å². The Balaban J connectivity index is 4.30. The highest BCUT2D eigenvalue weighted by Gasteiger charge is 2.23. The molecule has 0 spiro atoms. The molecular weight excluding hydrogens is 288 g/mol. The van der Waals surface area contributed by atoms with Gasteiger partial charge in [0, 0.05) is 25.7 Å². The standard InChI is InChI=1S/C13H34O3Si3/c1-17(2,3)14-10-13(11-15-18(4,5)6)12-16-19(7,8)9/h13H,10-12H2,1-9H3. The van der Waals surface area contributed by atoms with Crippen molar-refractivity contribution in [1.29, 1.82) is 0 Å². The molecule has 0 rings (SSSR count). The molecule has 0 N–H and O–H groups in total. The van der Waals surface area contributed by atoms with Crippen LogP contribution in [-0.4, -0.2) is 44.8 Å². The molecule has 0 bridgehead atoms. The summed E-state index contributed by atoms with van der Waals surface area (Å²) in [5, 5.41) is 0. The molecule has 19 heavy (non-hydrogen) atoms. The van der Waals surface area contributed by atoms with Crippen LogP contribution in [0.1, 0.15) is 0 Å². The predicted octanol–water partition coefficient (Wildman–Crippen LogP) is 4.16. The third-order valence-corrected chi connectivity index (χ3v) is 5.35. The van der Waals surface area contributed by atoms with Crippen molar-refractivity contribution in [2.75, 3.05) is 19.8 Å². The summed E-state index contributed by atoms with van der Waals surface area (Å²) in [4.78, 5) is 0. The van der Waals surface area contributed by atoms with E-state index in [-0.39, 0.29) is 0 Å². The minimum atomic E-state index is -1.46. The van der Waals surface area contributed by atoms with Crippen LogP contribution >= 0.6 is 0 Å². The second-order valence-electron chi connectivity index (χ2n) is 8.14. The predicted molar refractivity (Wildman–Crippen MR) is 91.4 cm³/mol. The lowest BCUT2D eigenvalue weighted by Crippen LogP contribution is -2.37. The summed E-state index contributed by atoms with van der Waals surface area (Å²) in [5.41, 5.74) is 0. The third kappa shape index (κ3) is 14.7. The van der Waals surface area contributed by atoms with Crippen molar-refractivity contribution in [2.24, 2.45) is 5.92 Å². The highest BCUT2D eigenvalue weighted by molar-refractivity contribution is 6.70. The van der Waals surface area contributed by atoms with E-state index < -0.39 is 25.0 Å². The molecule has 0 amide bonds. The summed E-state index contributed by atoms with van der Waals surface area (Å²) >= 11 is 0. The zero-order chi connectivity index (χ0) is 15.3. The van der Waals surface area contributed by atoms with Crippen molar-refractivity contribution in [3.8, 4) is 0 Å². The summed E-state index contributed by atoms with van der Waals surface area (Å²) in [6.45, 7) is 22.3. The van der Waals surface area contributed by atoms with E-state index in [0.29, 0.717) is 5.92 Å². The molecule has 3 nitrogen and oxygen atoms in total. The first-order valence-corrected chi connectivity index (χ1v) is 17.4. The normalized spacial score (nSPS) is 14.2. The molecule has 0 aromatic rings. The lowest BCUT2D eigenvalue weighted by Gasteiger charge is -2.28. The highest BCUT2D eigenvalue weighted by Crippen LogP contribution is 2.13. The van der Waals surface area contributed by atoms with Crippen molar-refractivity contribution in [3.63, 3.8) is 0 Å². The SMILES string of the molecule is C[Si](C)(C)OCC(CO[Si](C)(C)C)CO[Si](C)(C)C. The monoisotopic (exact) mass is 322 g/mol. The Morgan fingerprint density at radius 1 is 0.526 bits per heavy atom. The zero-order valence-electron chi connectivity index (χ0n) is 14.4. The van der Waals surface area contributed by atoms with E-state index in [0.717, 1.165) is 19.8 Å². The van der Waals surface area contributed by atoms with Crippen LogP contribution in [-0.2, 0) is 13.3 Å². The van der Waals surface area contributed by atoms with Crippen molar-refractivity contribution in [1.82, 2.24) is 0 Å². The van der Waals surface area contributed by atoms with Crippen molar-refractivity contribution >= 4 is 25.0 Å². The second-order valence-corrected chi connectivity index (χ2v) is 21.7. The van der Waals surface area contributed by atoms with Gasteiger partial charge in [-0.1, -0.05) is 0 Å². The Morgan fingerprint density at radius 3 is 0.895 bits per heavy atom. The minimum Gasteiger partial charge on any atom is -0.417 e. The van der Waals surface area contributed by atoms with Gasteiger partial charge < -0.3 is 13.3 Å². The summed E-state index contributed by atoms with van der Waals surface area (Å²) in [6.07, 6.45) is 0. The van der Waals surface area contributed by atoms with E-state index in [1.807, 2.05) is 0 Å². The van der Waals surface area contributed by atoms with Crippen LogP contribution in [0.15, 0.2) is 0 Å². The number of hydrogen-bond donors (Lipinski definition) is 0. The summed E-state index contributed by atoms with van der Waals surface area (Å²) in [7, 11) is -4.37. The zero-order valence-corrected chi connectivity index (χ0v) is 17.4. The lowest BCUT2D eigenvalue weighted by molar-refractivity contribution is 0.118. The third-order valence-electron chi connectivity index (χ3n) is 2.26. The molecule has 0 heterocycles. The fourth-order valence-electron chi connectivity index (χ4n) is 1.25. The molecule has 0 saturated carbocycles. The molecule has 0 aliphatic rings. The molecule has 0 aliphatic carbocycles. The maximum Gasteiger partial charge on any atom is 0.183 e. The van der Waals surface area contributed by atoms with Gasteiger partial charge in [-0.05, 0) is 58.9 Å². The molecule has 0 aromatic carbocycles. The molecule has 0 saturated heterocycles. The van der Waals surface area contributed by atoms with Crippen LogP contribution in [0.3, 0.4) is 0 Å². The molecule has 0 radical (unpaired) electrons. The van der Waals surface area contributed by atoms with E-state index in [9.17, 15) is 0 Å². The van der Waals surface area contributed by atoms with E-state index >= 15 is 0 Å². The van der Waals surface area contributed by atoms with Gasteiger partial charge in [0.05, 0.1) is 0 Å². The first kappa shape index (κ1) is 19.5. The van der Waals surface area contributed by atoms with Crippen molar-refractivity contribution in [3.05, 3.63) is 0 Å². The maximum absolute atomic E-state index is 6.03. The molecular formula is C13H34O3Si3. The van der Waals surface area contributed by atoms with Gasteiger partial charge in [-0.15, -0.1) is 0 Å². The van der Waals surface area contributed by atoms with Gasteiger partial charge in [0.1, 0.15) is 0 Å². The van der Waals surface area contributed by atoms with Crippen LogP contribution in [0.25, 0.3) is 0 Å². The van der Waals surface area contributed by atoms with Gasteiger partial charge >= 0.3 is 0 Å². The van der Waals surface area contributed by atoms with E-state index in [2.05, 4.69) is 58.9 Å². The Kier molecular flexibility index (Phi) is 7.72. The molecule has 6 heteroatoms. The Labute approximate surface area is 123 Å². The smallest absolute Gasteiger partial charge is 0.183 e. The molecule has 0 atom stereocenters. The van der Waals surface area contributed by atoms with Crippen molar-refractivity contribution < 1.29 is 13.3 Å². The molecule has 0 unspecified atom stereocenters. The maximum atomic E-state index is 6.03. The summed E-state index contributed by atoms with van der Waals surface area (Å²) in [5.74, 6) is 0.366. The average molecular weight is 323 g/mol. The van der Waals surface area contributed by atoms with Crippen LogP contribution in [0, 0.1) is 5.92 Å². The van der Waals surface area contributed by atoms with Gasteiger partial charge in [0.15, 0.2) is 25.0 Å². The van der Waals surface area contributed by atoms with Gasteiger partial charge in [-0.3, -0.25) is 0 Å². The van der Waals surface area contributed by atoms with Crippen LogP contribution in [0.4, 0.5) is 0 Å². The minimum absolute atomic E-state index is 0.366. The Bertz CT molecular complexity index is 209. The first-order valence-electron chi connectivity index (χ1n) is 7.20. The van der Waals surface area contributed by atoms with Gasteiger partial charge in [0.25, 0.3) is 0 Å². The highest BCUT2D eigenvalue weighted by atomic mass is 28.4. The Morgan fingerprint density at radius 2 is 0.737 bits per heavy atom. The lowest BCUT2D eigenvalue weighted by atomic mass is 10.2. The summed E-state index contributed by atoms with van der Waals surface area (Å²) in [6, 6.07) is 0. The topological polar surface area (TPSA) is 27.7 Å². The van der Waals surface area contributed by atoms with Crippen LogP contribution in [0.2, 0.25) is 58.9 Å². The van der Waals surface area contributed by atoms with Crippen molar-refractivity contribution in [2.45, 2.75) is 58.9 Å². The first-order chi connectivity index (χ1) is 8.29. The van der Waals surface area contributed by atoms with Crippen LogP contribution in [0.5, 0.6) is 0 Å². The number of hydrogen-bond acceptors (Lipinski definition) is 3. The van der Waals surface area contributed by atoms with Gasteiger partial charge in [0.2, 0.25) is 0 Å². The molecule has 0 aromatic heterocycles. The molecule has 116 valence electrons. The number of rotatable bonds is 9.